The average molecular weight is 391 g/mol. The highest BCUT2D eigenvalue weighted by Crippen LogP contribution is 2.36. The first-order valence-electron chi connectivity index (χ1n) is 9.74. The van der Waals surface area contributed by atoms with Crippen molar-refractivity contribution in [3.05, 3.63) is 51.7 Å². The highest BCUT2D eigenvalue weighted by atomic mass is 28.4. The van der Waals surface area contributed by atoms with Crippen molar-refractivity contribution in [2.24, 2.45) is 5.16 Å². The topological polar surface area (TPSA) is 64.7 Å². The molecule has 0 heterocycles. The largest absolute Gasteiger partial charge is 0.455 e. The standard InChI is InChI=1S/C21H34N2O3Si/c1-7-8-9-13-16-19(18-14-11-10-12-15-18)20(23(24)25)17-22-26-27(5,6)21(2,3)4/h10-12,14-15,17H,7-9,13,16H2,1-6H3/b20-19+,22-17+. The summed E-state index contributed by atoms with van der Waals surface area (Å²) in [6.07, 6.45) is 6.21. The van der Waals surface area contributed by atoms with Crippen molar-refractivity contribution in [2.45, 2.75) is 77.9 Å². The summed E-state index contributed by atoms with van der Waals surface area (Å²) in [6, 6.07) is 9.56. The Bertz CT molecular complexity index is 662. The van der Waals surface area contributed by atoms with Crippen LogP contribution >= 0.6 is 0 Å². The number of hydrogen-bond donors (Lipinski definition) is 0. The normalized spacial score (nSPS) is 13.6. The lowest BCUT2D eigenvalue weighted by molar-refractivity contribution is -0.413. The fraction of sp³-hybridized carbons (Fsp3) is 0.571. The molecular formula is C21H34N2O3Si. The average Bonchev–Trinajstić information content (AvgIpc) is 2.59. The van der Waals surface area contributed by atoms with Crippen LogP contribution in [0.3, 0.4) is 0 Å². The minimum absolute atomic E-state index is 0.00868. The third kappa shape index (κ3) is 7.29. The van der Waals surface area contributed by atoms with Crippen LogP contribution in [0.2, 0.25) is 18.1 Å². The molecule has 0 N–H and O–H groups in total. The van der Waals surface area contributed by atoms with Gasteiger partial charge in [0.05, 0.1) is 4.92 Å². The van der Waals surface area contributed by atoms with Gasteiger partial charge in [0.25, 0.3) is 14.0 Å². The Kier molecular flexibility index (Phi) is 8.89. The first-order chi connectivity index (χ1) is 12.6. The molecule has 0 saturated heterocycles. The van der Waals surface area contributed by atoms with Crippen LogP contribution in [0.25, 0.3) is 5.57 Å². The van der Waals surface area contributed by atoms with Crippen LogP contribution in [0.4, 0.5) is 0 Å². The lowest BCUT2D eigenvalue weighted by atomic mass is 9.97. The summed E-state index contributed by atoms with van der Waals surface area (Å²) in [6.45, 7) is 12.6. The number of nitro groups is 1. The summed E-state index contributed by atoms with van der Waals surface area (Å²) in [7, 11) is -2.10. The summed E-state index contributed by atoms with van der Waals surface area (Å²) in [4.78, 5) is 11.4. The maximum Gasteiger partial charge on any atom is 0.294 e. The summed E-state index contributed by atoms with van der Waals surface area (Å²) >= 11 is 0. The minimum Gasteiger partial charge on any atom is -0.455 e. The molecular weight excluding hydrogens is 356 g/mol. The lowest BCUT2D eigenvalue weighted by Gasteiger charge is -2.32. The molecule has 0 amide bonds. The Morgan fingerprint density at radius 2 is 1.81 bits per heavy atom. The van der Waals surface area contributed by atoms with E-state index in [-0.39, 0.29) is 15.7 Å². The van der Waals surface area contributed by atoms with Gasteiger partial charge in [-0.2, -0.15) is 0 Å². The SMILES string of the molecule is CCCCCC/C(=C(/C=N/O[Si](C)(C)C(C)(C)C)[N+](=O)[O-])c1ccccc1. The quantitative estimate of drug-likeness (QED) is 0.148. The number of oxime groups is 1. The van der Waals surface area contributed by atoms with Crippen molar-refractivity contribution in [1.82, 2.24) is 0 Å². The van der Waals surface area contributed by atoms with Gasteiger partial charge in [0.1, 0.15) is 6.21 Å². The van der Waals surface area contributed by atoms with Crippen LogP contribution in [0, 0.1) is 10.1 Å². The molecule has 0 aliphatic rings. The van der Waals surface area contributed by atoms with Crippen LogP contribution < -0.4 is 0 Å². The van der Waals surface area contributed by atoms with Gasteiger partial charge in [-0.15, -0.1) is 5.16 Å². The monoisotopic (exact) mass is 390 g/mol. The van der Waals surface area contributed by atoms with E-state index in [1.54, 1.807) is 0 Å². The third-order valence-corrected chi connectivity index (χ3v) is 9.34. The first-order valence-corrected chi connectivity index (χ1v) is 12.7. The number of hydrogen-bond acceptors (Lipinski definition) is 4. The molecule has 27 heavy (non-hydrogen) atoms. The predicted molar refractivity (Wildman–Crippen MR) is 116 cm³/mol. The van der Waals surface area contributed by atoms with Gasteiger partial charge in [0.15, 0.2) is 0 Å². The van der Waals surface area contributed by atoms with Crippen LogP contribution in [0.5, 0.6) is 0 Å². The number of unbranched alkanes of at least 4 members (excludes halogenated alkanes) is 3. The fourth-order valence-electron chi connectivity index (χ4n) is 2.37. The summed E-state index contributed by atoms with van der Waals surface area (Å²) in [5.41, 5.74) is 1.62. The summed E-state index contributed by atoms with van der Waals surface area (Å²) in [5, 5.41) is 15.8. The summed E-state index contributed by atoms with van der Waals surface area (Å²) < 4.78 is 5.77. The van der Waals surface area contributed by atoms with Crippen LogP contribution in [-0.4, -0.2) is 19.5 Å². The van der Waals surface area contributed by atoms with E-state index in [2.05, 4.69) is 45.9 Å². The van der Waals surface area contributed by atoms with Crippen molar-refractivity contribution in [3.63, 3.8) is 0 Å². The molecule has 1 rings (SSSR count). The van der Waals surface area contributed by atoms with Gasteiger partial charge in [0, 0.05) is 5.57 Å². The van der Waals surface area contributed by atoms with E-state index in [0.29, 0.717) is 6.42 Å². The van der Waals surface area contributed by atoms with Gasteiger partial charge in [-0.3, -0.25) is 10.1 Å². The molecule has 0 saturated carbocycles. The predicted octanol–water partition coefficient (Wildman–Crippen LogP) is 6.65. The Morgan fingerprint density at radius 1 is 1.19 bits per heavy atom. The Balaban J connectivity index is 3.17. The molecule has 1 aromatic rings. The first kappa shape index (κ1) is 23.1. The Hall–Kier alpha value is -1.95. The van der Waals surface area contributed by atoms with Crippen molar-refractivity contribution in [2.75, 3.05) is 0 Å². The molecule has 1 aromatic carbocycles. The highest BCUT2D eigenvalue weighted by molar-refractivity contribution is 6.74. The van der Waals surface area contributed by atoms with E-state index in [4.69, 9.17) is 4.53 Å². The molecule has 0 aliphatic carbocycles. The molecule has 0 aromatic heterocycles. The van der Waals surface area contributed by atoms with Gasteiger partial charge in [-0.25, -0.2) is 0 Å². The number of nitrogens with zero attached hydrogens (tertiary/aromatic N) is 2. The second-order valence-electron chi connectivity index (χ2n) is 8.38. The minimum atomic E-state index is -2.10. The zero-order chi connectivity index (χ0) is 20.5. The molecule has 0 bridgehead atoms. The van der Waals surface area contributed by atoms with Crippen LogP contribution in [0.15, 0.2) is 41.2 Å². The second kappa shape index (κ2) is 10.4. The number of allylic oxidation sites excluding steroid dienone is 2. The molecule has 0 unspecified atom stereocenters. The molecule has 0 fully saturated rings. The van der Waals surface area contributed by atoms with Crippen LogP contribution in [-0.2, 0) is 4.53 Å². The van der Waals surface area contributed by atoms with Crippen molar-refractivity contribution < 1.29 is 9.45 Å². The molecule has 0 atom stereocenters. The highest BCUT2D eigenvalue weighted by Gasteiger charge is 2.39. The van der Waals surface area contributed by atoms with Gasteiger partial charge in [-0.1, -0.05) is 77.3 Å². The van der Waals surface area contributed by atoms with Crippen molar-refractivity contribution >= 4 is 20.1 Å². The molecule has 150 valence electrons. The maximum atomic E-state index is 11.8. The van der Waals surface area contributed by atoms with Gasteiger partial charge in [0.2, 0.25) is 0 Å². The van der Waals surface area contributed by atoms with Crippen molar-refractivity contribution in [1.29, 1.82) is 0 Å². The van der Waals surface area contributed by atoms with E-state index in [9.17, 15) is 10.1 Å². The van der Waals surface area contributed by atoms with E-state index >= 15 is 0 Å². The molecule has 0 radical (unpaired) electrons. The second-order valence-corrected chi connectivity index (χ2v) is 13.1. The van der Waals surface area contributed by atoms with Gasteiger partial charge < -0.3 is 4.53 Å². The number of rotatable bonds is 10. The van der Waals surface area contributed by atoms with Crippen LogP contribution in [0.1, 0.15) is 65.4 Å². The van der Waals surface area contributed by atoms with Gasteiger partial charge >= 0.3 is 0 Å². The van der Waals surface area contributed by atoms with E-state index in [1.807, 2.05) is 30.3 Å². The van der Waals surface area contributed by atoms with E-state index in [0.717, 1.165) is 36.8 Å². The number of benzene rings is 1. The van der Waals surface area contributed by atoms with Gasteiger partial charge in [-0.05, 0) is 36.5 Å². The van der Waals surface area contributed by atoms with E-state index < -0.39 is 8.32 Å². The zero-order valence-electron chi connectivity index (χ0n) is 17.6. The van der Waals surface area contributed by atoms with Crippen molar-refractivity contribution in [3.8, 4) is 0 Å². The Morgan fingerprint density at radius 3 is 2.33 bits per heavy atom. The lowest BCUT2D eigenvalue weighted by Crippen LogP contribution is -2.39. The summed E-state index contributed by atoms with van der Waals surface area (Å²) in [5.74, 6) is 0. The van der Waals surface area contributed by atoms with E-state index in [1.165, 1.54) is 6.21 Å². The smallest absolute Gasteiger partial charge is 0.294 e. The molecule has 5 nitrogen and oxygen atoms in total. The Labute approximate surface area is 164 Å². The third-order valence-electron chi connectivity index (χ3n) is 5.17. The fourth-order valence-corrected chi connectivity index (χ4v) is 2.96. The molecule has 6 heteroatoms. The molecule has 0 spiro atoms. The zero-order valence-corrected chi connectivity index (χ0v) is 18.6. The maximum absolute atomic E-state index is 11.8. The molecule has 0 aliphatic heterocycles.